The Hall–Kier alpha value is -2.90. The number of carbonyl (C=O) groups excluding carboxylic acids is 1. The molecule has 31 heavy (non-hydrogen) atoms. The van der Waals surface area contributed by atoms with Gasteiger partial charge in [-0.25, -0.2) is 0 Å². The van der Waals surface area contributed by atoms with Crippen LogP contribution in [0, 0.1) is 10.1 Å². The quantitative estimate of drug-likeness (QED) is 0.327. The van der Waals surface area contributed by atoms with Crippen LogP contribution in [0.1, 0.15) is 30.0 Å². The predicted molar refractivity (Wildman–Crippen MR) is 123 cm³/mol. The Morgan fingerprint density at radius 2 is 1.81 bits per heavy atom. The van der Waals surface area contributed by atoms with Gasteiger partial charge in [-0.05, 0) is 43.6 Å². The predicted octanol–water partition coefficient (Wildman–Crippen LogP) is 4.30. The van der Waals surface area contributed by atoms with Crippen molar-refractivity contribution in [3.63, 3.8) is 0 Å². The van der Waals surface area contributed by atoms with E-state index in [0.29, 0.717) is 5.56 Å². The third kappa shape index (κ3) is 6.80. The highest BCUT2D eigenvalue weighted by Crippen LogP contribution is 2.23. The number of carbonyl (C=O) groups is 1. The summed E-state index contributed by atoms with van der Waals surface area (Å²) >= 11 is 0. The molecule has 1 amide bonds. The van der Waals surface area contributed by atoms with E-state index in [0.717, 1.165) is 25.2 Å². The lowest BCUT2D eigenvalue weighted by Crippen LogP contribution is -2.39. The number of nitro benzene ring substituents is 1. The highest BCUT2D eigenvalue weighted by Gasteiger charge is 2.25. The van der Waals surface area contributed by atoms with Gasteiger partial charge >= 0.3 is 0 Å². The molecule has 0 saturated carbocycles. The largest absolute Gasteiger partial charge is 0.491 e. The zero-order chi connectivity index (χ0) is 21.3. The van der Waals surface area contributed by atoms with E-state index in [1.165, 1.54) is 31.2 Å². The number of amides is 1. The molecule has 1 saturated heterocycles. The minimum atomic E-state index is -0.443. The molecular formula is C23H28ClN3O4. The Bertz CT molecular complexity index is 885. The van der Waals surface area contributed by atoms with Crippen molar-refractivity contribution in [1.82, 2.24) is 9.80 Å². The molecule has 0 N–H and O–H groups in total. The van der Waals surface area contributed by atoms with E-state index in [9.17, 15) is 14.9 Å². The summed E-state index contributed by atoms with van der Waals surface area (Å²) in [6.07, 6.45) is 5.23. The molecule has 0 spiro atoms. The maximum atomic E-state index is 12.8. The van der Waals surface area contributed by atoms with Crippen LogP contribution >= 0.6 is 12.4 Å². The van der Waals surface area contributed by atoms with Crippen LogP contribution in [-0.4, -0.2) is 53.9 Å². The van der Waals surface area contributed by atoms with E-state index in [2.05, 4.69) is 4.90 Å². The number of halogens is 1. The molecule has 0 aromatic heterocycles. The fourth-order valence-corrected chi connectivity index (χ4v) is 3.65. The van der Waals surface area contributed by atoms with Crippen molar-refractivity contribution in [3.8, 4) is 0 Å². The van der Waals surface area contributed by atoms with Crippen LogP contribution in [0.15, 0.2) is 60.9 Å². The van der Waals surface area contributed by atoms with Gasteiger partial charge in [-0.15, -0.1) is 12.4 Å². The highest BCUT2D eigenvalue weighted by atomic mass is 35.5. The SMILES string of the molecule is CN(C(=O)CO/C=C/c1ccccc1[N+](=O)[O-])C(CN1CCCC1)c1ccccc1.Cl. The molecule has 1 atom stereocenters. The number of rotatable bonds is 9. The number of para-hydroxylation sites is 1. The summed E-state index contributed by atoms with van der Waals surface area (Å²) in [7, 11) is 1.80. The van der Waals surface area contributed by atoms with Crippen molar-refractivity contribution in [1.29, 1.82) is 0 Å². The molecule has 1 heterocycles. The topological polar surface area (TPSA) is 75.9 Å². The summed E-state index contributed by atoms with van der Waals surface area (Å²) in [5.41, 5.74) is 1.52. The lowest BCUT2D eigenvalue weighted by Gasteiger charge is -2.32. The van der Waals surface area contributed by atoms with Crippen LogP contribution in [0.4, 0.5) is 5.69 Å². The molecule has 1 aliphatic heterocycles. The van der Waals surface area contributed by atoms with Gasteiger partial charge in [0.2, 0.25) is 0 Å². The number of hydrogen-bond donors (Lipinski definition) is 0. The molecule has 7 nitrogen and oxygen atoms in total. The summed E-state index contributed by atoms with van der Waals surface area (Å²) < 4.78 is 5.40. The first-order chi connectivity index (χ1) is 14.6. The first kappa shape index (κ1) is 24.4. The third-order valence-corrected chi connectivity index (χ3v) is 5.36. The summed E-state index contributed by atoms with van der Waals surface area (Å²) in [6.45, 7) is 2.77. The third-order valence-electron chi connectivity index (χ3n) is 5.36. The smallest absolute Gasteiger partial charge is 0.276 e. The van der Waals surface area contributed by atoms with Crippen molar-refractivity contribution in [2.24, 2.45) is 0 Å². The molecule has 2 aromatic carbocycles. The monoisotopic (exact) mass is 445 g/mol. The molecule has 1 unspecified atom stereocenters. The zero-order valence-corrected chi connectivity index (χ0v) is 18.4. The molecule has 2 aromatic rings. The van der Waals surface area contributed by atoms with Crippen molar-refractivity contribution in [2.75, 3.05) is 33.3 Å². The van der Waals surface area contributed by atoms with Gasteiger partial charge in [0.25, 0.3) is 11.6 Å². The number of likely N-dealkylation sites (N-methyl/N-ethyl adjacent to an activating group) is 1. The van der Waals surface area contributed by atoms with Crippen LogP contribution in [0.3, 0.4) is 0 Å². The van der Waals surface area contributed by atoms with Gasteiger partial charge in [-0.3, -0.25) is 14.9 Å². The normalized spacial score (nSPS) is 14.7. The molecule has 1 aliphatic rings. The van der Waals surface area contributed by atoms with Gasteiger partial charge in [0.1, 0.15) is 0 Å². The number of nitro groups is 1. The van der Waals surface area contributed by atoms with Crippen LogP contribution in [0.5, 0.6) is 0 Å². The van der Waals surface area contributed by atoms with Gasteiger partial charge in [-0.1, -0.05) is 42.5 Å². The fraction of sp³-hybridized carbons (Fsp3) is 0.348. The standard InChI is InChI=1S/C23H27N3O4.ClH/c1-24(22(17-25-14-7-8-15-25)19-9-3-2-4-10-19)23(27)18-30-16-13-20-11-5-6-12-21(20)26(28)29;/h2-6,9-13,16,22H,7-8,14-15,17-18H2,1H3;1H/b16-13+;. The number of nitrogens with zero attached hydrogens (tertiary/aromatic N) is 3. The van der Waals surface area contributed by atoms with Gasteiger partial charge < -0.3 is 14.5 Å². The van der Waals surface area contributed by atoms with Crippen LogP contribution < -0.4 is 0 Å². The second kappa shape index (κ2) is 12.1. The van der Waals surface area contributed by atoms with E-state index in [-0.39, 0.29) is 36.7 Å². The van der Waals surface area contributed by atoms with Crippen molar-refractivity contribution in [2.45, 2.75) is 18.9 Å². The Morgan fingerprint density at radius 1 is 1.16 bits per heavy atom. The average molecular weight is 446 g/mol. The van der Waals surface area contributed by atoms with Gasteiger partial charge in [0.15, 0.2) is 6.61 Å². The first-order valence-electron chi connectivity index (χ1n) is 10.1. The summed E-state index contributed by atoms with van der Waals surface area (Å²) in [5, 5.41) is 11.1. The van der Waals surface area contributed by atoms with Crippen LogP contribution in [0.2, 0.25) is 0 Å². The Balaban J connectivity index is 0.00000341. The summed E-state index contributed by atoms with van der Waals surface area (Å²) in [6, 6.07) is 16.4. The number of likely N-dealkylation sites (tertiary alicyclic amines) is 1. The second-order valence-electron chi connectivity index (χ2n) is 7.37. The van der Waals surface area contributed by atoms with Gasteiger partial charge in [-0.2, -0.15) is 0 Å². The number of hydrogen-bond acceptors (Lipinski definition) is 5. The molecule has 0 radical (unpaired) electrons. The van der Waals surface area contributed by atoms with Gasteiger partial charge in [0, 0.05) is 19.7 Å². The zero-order valence-electron chi connectivity index (χ0n) is 17.6. The Labute approximate surface area is 188 Å². The Morgan fingerprint density at radius 3 is 2.48 bits per heavy atom. The summed E-state index contributed by atoms with van der Waals surface area (Å²) in [4.78, 5) is 27.5. The first-order valence-corrected chi connectivity index (χ1v) is 10.1. The van der Waals surface area contributed by atoms with E-state index in [4.69, 9.17) is 4.74 Å². The lowest BCUT2D eigenvalue weighted by atomic mass is 10.0. The number of benzene rings is 2. The molecule has 8 heteroatoms. The molecule has 3 rings (SSSR count). The van der Waals surface area contributed by atoms with Crippen molar-refractivity contribution in [3.05, 3.63) is 82.1 Å². The molecule has 166 valence electrons. The van der Waals surface area contributed by atoms with Crippen molar-refractivity contribution < 1.29 is 14.5 Å². The maximum absolute atomic E-state index is 12.8. The molecular weight excluding hydrogens is 418 g/mol. The van der Waals surface area contributed by atoms with E-state index in [1.54, 1.807) is 30.1 Å². The number of ether oxygens (including phenoxy) is 1. The summed E-state index contributed by atoms with van der Waals surface area (Å²) in [5.74, 6) is -0.143. The fourth-order valence-electron chi connectivity index (χ4n) is 3.65. The van der Waals surface area contributed by atoms with E-state index >= 15 is 0 Å². The van der Waals surface area contributed by atoms with Crippen molar-refractivity contribution >= 4 is 30.1 Å². The van der Waals surface area contributed by atoms with Crippen LogP contribution in [-0.2, 0) is 9.53 Å². The minimum absolute atomic E-state index is 0. The molecule has 1 fully saturated rings. The van der Waals surface area contributed by atoms with E-state index in [1.807, 2.05) is 30.3 Å². The maximum Gasteiger partial charge on any atom is 0.276 e. The highest BCUT2D eigenvalue weighted by molar-refractivity contribution is 5.85. The minimum Gasteiger partial charge on any atom is -0.491 e. The average Bonchev–Trinajstić information content (AvgIpc) is 3.28. The molecule has 0 bridgehead atoms. The van der Waals surface area contributed by atoms with Gasteiger partial charge in [0.05, 0.1) is 22.8 Å². The molecule has 0 aliphatic carbocycles. The second-order valence-corrected chi connectivity index (χ2v) is 7.37. The lowest BCUT2D eigenvalue weighted by molar-refractivity contribution is -0.385. The van der Waals surface area contributed by atoms with E-state index < -0.39 is 4.92 Å². The Kier molecular flexibility index (Phi) is 9.49. The van der Waals surface area contributed by atoms with Crippen LogP contribution in [0.25, 0.3) is 6.08 Å².